The molecule has 0 amide bonds. The fourth-order valence-electron chi connectivity index (χ4n) is 1.47. The molecule has 0 aromatic rings. The summed E-state index contributed by atoms with van der Waals surface area (Å²) in [5, 5.41) is 37.4. The van der Waals surface area contributed by atoms with Gasteiger partial charge in [-0.05, 0) is 6.92 Å². The van der Waals surface area contributed by atoms with Crippen LogP contribution >= 0.6 is 0 Å². The van der Waals surface area contributed by atoms with Gasteiger partial charge in [-0.1, -0.05) is 0 Å². The summed E-state index contributed by atoms with van der Waals surface area (Å²) in [4.78, 5) is 0. The van der Waals surface area contributed by atoms with E-state index in [1.807, 2.05) is 0 Å². The van der Waals surface area contributed by atoms with Crippen molar-refractivity contribution in [2.75, 3.05) is 7.11 Å². The van der Waals surface area contributed by atoms with Crippen LogP contribution in [0.3, 0.4) is 0 Å². The first-order valence-corrected chi connectivity index (χ1v) is 4.39. The summed E-state index contributed by atoms with van der Waals surface area (Å²) in [5.41, 5.74) is 0. The van der Waals surface area contributed by atoms with Crippen LogP contribution in [-0.2, 0) is 9.47 Å². The molecular weight excluding hydrogens is 192 g/mol. The number of aliphatic hydroxyl groups excluding tert-OH is 4. The first-order valence-electron chi connectivity index (χ1n) is 4.39. The molecule has 6 nitrogen and oxygen atoms in total. The second-order valence-electron chi connectivity index (χ2n) is 3.42. The lowest BCUT2D eigenvalue weighted by molar-refractivity contribution is -0.302. The van der Waals surface area contributed by atoms with Gasteiger partial charge in [0.05, 0.1) is 6.10 Å². The van der Waals surface area contributed by atoms with Crippen LogP contribution in [0, 0.1) is 0 Å². The Hall–Kier alpha value is -0.240. The van der Waals surface area contributed by atoms with E-state index >= 15 is 0 Å². The largest absolute Gasteiger partial charge is 0.391 e. The fourth-order valence-corrected chi connectivity index (χ4v) is 1.47. The molecule has 0 aliphatic carbocycles. The van der Waals surface area contributed by atoms with Gasteiger partial charge in [-0.2, -0.15) is 0 Å². The van der Waals surface area contributed by atoms with Gasteiger partial charge in [0.15, 0.2) is 6.29 Å². The summed E-state index contributed by atoms with van der Waals surface area (Å²) in [5.74, 6) is 0. The van der Waals surface area contributed by atoms with E-state index in [4.69, 9.17) is 9.47 Å². The number of ether oxygens (including phenoxy) is 2. The van der Waals surface area contributed by atoms with E-state index in [9.17, 15) is 20.4 Å². The minimum atomic E-state index is -1.38. The second kappa shape index (κ2) is 4.52. The number of methoxy groups -OCH3 is 1. The molecule has 1 saturated heterocycles. The topological polar surface area (TPSA) is 99.4 Å². The molecule has 0 aromatic heterocycles. The standard InChI is InChI=1S/C8H16O6/c1-3(9)7-5(11)4(10)6(12)8(13-2)14-7/h3-12H,1-2H3/t3-,4-,5+,6-,7-,8+/m0/s1. The van der Waals surface area contributed by atoms with Gasteiger partial charge in [-0.3, -0.25) is 0 Å². The van der Waals surface area contributed by atoms with Gasteiger partial charge in [-0.15, -0.1) is 0 Å². The van der Waals surface area contributed by atoms with Crippen molar-refractivity contribution >= 4 is 0 Å². The van der Waals surface area contributed by atoms with Crippen LogP contribution in [-0.4, -0.2) is 64.3 Å². The van der Waals surface area contributed by atoms with Crippen molar-refractivity contribution in [3.8, 4) is 0 Å². The lowest BCUT2D eigenvalue weighted by Gasteiger charge is -2.40. The van der Waals surface area contributed by atoms with Gasteiger partial charge < -0.3 is 29.9 Å². The van der Waals surface area contributed by atoms with Crippen molar-refractivity contribution in [2.24, 2.45) is 0 Å². The van der Waals surface area contributed by atoms with Crippen LogP contribution in [0.15, 0.2) is 0 Å². The highest BCUT2D eigenvalue weighted by atomic mass is 16.7. The van der Waals surface area contributed by atoms with Crippen LogP contribution < -0.4 is 0 Å². The Kier molecular flexibility index (Phi) is 3.82. The van der Waals surface area contributed by atoms with Crippen molar-refractivity contribution < 1.29 is 29.9 Å². The van der Waals surface area contributed by atoms with Crippen LogP contribution in [0.2, 0.25) is 0 Å². The molecule has 6 atom stereocenters. The molecule has 1 heterocycles. The molecule has 0 saturated carbocycles. The summed E-state index contributed by atoms with van der Waals surface area (Å²) >= 11 is 0. The molecule has 6 heteroatoms. The zero-order chi connectivity index (χ0) is 10.9. The maximum absolute atomic E-state index is 9.44. The monoisotopic (exact) mass is 208 g/mol. The van der Waals surface area contributed by atoms with Crippen molar-refractivity contribution in [2.45, 2.75) is 43.7 Å². The van der Waals surface area contributed by atoms with Crippen molar-refractivity contribution in [1.29, 1.82) is 0 Å². The Balaban J connectivity index is 2.73. The normalized spacial score (nSPS) is 46.3. The minimum absolute atomic E-state index is 0.954. The first kappa shape index (κ1) is 11.8. The number of hydrogen-bond acceptors (Lipinski definition) is 6. The zero-order valence-electron chi connectivity index (χ0n) is 8.07. The smallest absolute Gasteiger partial charge is 0.186 e. The Morgan fingerprint density at radius 3 is 2.14 bits per heavy atom. The van der Waals surface area contributed by atoms with E-state index in [-0.39, 0.29) is 0 Å². The van der Waals surface area contributed by atoms with E-state index in [1.165, 1.54) is 14.0 Å². The molecule has 84 valence electrons. The lowest BCUT2D eigenvalue weighted by Crippen LogP contribution is -2.60. The van der Waals surface area contributed by atoms with E-state index in [1.54, 1.807) is 0 Å². The van der Waals surface area contributed by atoms with Gasteiger partial charge in [-0.25, -0.2) is 0 Å². The summed E-state index contributed by atoms with van der Waals surface area (Å²) in [6.07, 6.45) is -6.97. The Morgan fingerprint density at radius 1 is 1.14 bits per heavy atom. The minimum Gasteiger partial charge on any atom is -0.391 e. The zero-order valence-corrected chi connectivity index (χ0v) is 8.07. The summed E-state index contributed by atoms with van der Waals surface area (Å²) in [6.45, 7) is 1.42. The molecule has 1 fully saturated rings. The third kappa shape index (κ3) is 2.05. The van der Waals surface area contributed by atoms with Gasteiger partial charge in [0.25, 0.3) is 0 Å². The molecule has 0 aromatic carbocycles. The summed E-state index contributed by atoms with van der Waals surface area (Å²) in [6, 6.07) is 0. The summed E-state index contributed by atoms with van der Waals surface area (Å²) < 4.78 is 9.81. The third-order valence-corrected chi connectivity index (χ3v) is 2.31. The van der Waals surface area contributed by atoms with Crippen LogP contribution in [0.5, 0.6) is 0 Å². The van der Waals surface area contributed by atoms with Crippen molar-refractivity contribution in [1.82, 2.24) is 0 Å². The quantitative estimate of drug-likeness (QED) is 0.412. The van der Waals surface area contributed by atoms with Crippen LogP contribution in [0.25, 0.3) is 0 Å². The highest BCUT2D eigenvalue weighted by molar-refractivity contribution is 4.91. The molecule has 1 aliphatic rings. The average molecular weight is 208 g/mol. The van der Waals surface area contributed by atoms with Gasteiger partial charge in [0.2, 0.25) is 0 Å². The fraction of sp³-hybridized carbons (Fsp3) is 1.00. The van der Waals surface area contributed by atoms with Gasteiger partial charge in [0, 0.05) is 7.11 Å². The first-order chi connectivity index (χ1) is 6.49. The van der Waals surface area contributed by atoms with Crippen molar-refractivity contribution in [3.05, 3.63) is 0 Å². The maximum Gasteiger partial charge on any atom is 0.186 e. The number of rotatable bonds is 2. The highest BCUT2D eigenvalue weighted by Crippen LogP contribution is 2.23. The molecule has 0 radical (unpaired) electrons. The van der Waals surface area contributed by atoms with Crippen LogP contribution in [0.4, 0.5) is 0 Å². The van der Waals surface area contributed by atoms with Gasteiger partial charge >= 0.3 is 0 Å². The van der Waals surface area contributed by atoms with E-state index < -0.39 is 36.8 Å². The predicted molar refractivity (Wildman–Crippen MR) is 45.4 cm³/mol. The molecule has 0 unspecified atom stereocenters. The molecule has 0 bridgehead atoms. The van der Waals surface area contributed by atoms with E-state index in [0.717, 1.165) is 0 Å². The molecule has 0 spiro atoms. The third-order valence-electron chi connectivity index (χ3n) is 2.31. The number of hydrogen-bond donors (Lipinski definition) is 4. The Bertz CT molecular complexity index is 183. The molecule has 1 rings (SSSR count). The molecular formula is C8H16O6. The Labute approximate surface area is 81.7 Å². The second-order valence-corrected chi connectivity index (χ2v) is 3.42. The van der Waals surface area contributed by atoms with Crippen LogP contribution in [0.1, 0.15) is 6.92 Å². The Morgan fingerprint density at radius 2 is 1.71 bits per heavy atom. The molecule has 1 aliphatic heterocycles. The molecule has 14 heavy (non-hydrogen) atoms. The van der Waals surface area contributed by atoms with Gasteiger partial charge in [0.1, 0.15) is 24.4 Å². The lowest BCUT2D eigenvalue weighted by atomic mass is 9.96. The van der Waals surface area contributed by atoms with E-state index in [2.05, 4.69) is 0 Å². The number of aliphatic hydroxyl groups is 4. The summed E-state index contributed by atoms with van der Waals surface area (Å²) in [7, 11) is 1.30. The SMILES string of the molecule is CO[C@@H]1O[C@@H]([C@H](C)O)[C@H](O)[C@H](O)[C@@H]1O. The predicted octanol–water partition coefficient (Wildman–Crippen LogP) is -2.18. The maximum atomic E-state index is 9.44. The average Bonchev–Trinajstić information content (AvgIpc) is 2.14. The highest BCUT2D eigenvalue weighted by Gasteiger charge is 2.45. The molecule has 4 N–H and O–H groups in total. The van der Waals surface area contributed by atoms with Crippen molar-refractivity contribution in [3.63, 3.8) is 0 Å². The van der Waals surface area contributed by atoms with E-state index in [0.29, 0.717) is 0 Å².